The van der Waals surface area contributed by atoms with Gasteiger partial charge in [0.2, 0.25) is 0 Å². The molecule has 0 saturated carbocycles. The zero-order valence-electron chi connectivity index (χ0n) is 11.8. The summed E-state index contributed by atoms with van der Waals surface area (Å²) in [6, 6.07) is 0.370. The van der Waals surface area contributed by atoms with Crippen LogP contribution in [0.3, 0.4) is 0 Å². The third-order valence-electron chi connectivity index (χ3n) is 3.12. The quantitative estimate of drug-likeness (QED) is 0.582. The SMILES string of the molecule is CCCCCN(C)CC(C)CCCC(C)N. The number of nitrogens with two attached hydrogens (primary N) is 1. The fraction of sp³-hybridized carbons (Fsp3) is 1.00. The average molecular weight is 228 g/mol. The monoisotopic (exact) mass is 228 g/mol. The van der Waals surface area contributed by atoms with E-state index in [-0.39, 0.29) is 0 Å². The summed E-state index contributed by atoms with van der Waals surface area (Å²) in [5, 5.41) is 0. The maximum atomic E-state index is 5.75. The van der Waals surface area contributed by atoms with Crippen molar-refractivity contribution in [1.82, 2.24) is 4.90 Å². The highest BCUT2D eigenvalue weighted by Crippen LogP contribution is 2.10. The summed E-state index contributed by atoms with van der Waals surface area (Å²) in [6.07, 6.45) is 7.80. The van der Waals surface area contributed by atoms with Gasteiger partial charge in [-0.05, 0) is 45.7 Å². The number of hydrogen-bond acceptors (Lipinski definition) is 2. The van der Waals surface area contributed by atoms with E-state index in [1.54, 1.807) is 0 Å². The van der Waals surface area contributed by atoms with E-state index in [4.69, 9.17) is 5.73 Å². The lowest BCUT2D eigenvalue weighted by molar-refractivity contribution is 0.269. The third-order valence-corrected chi connectivity index (χ3v) is 3.12. The maximum absolute atomic E-state index is 5.75. The normalized spacial score (nSPS) is 15.4. The van der Waals surface area contributed by atoms with Crippen LogP contribution in [-0.4, -0.2) is 31.1 Å². The van der Waals surface area contributed by atoms with Crippen LogP contribution in [0.15, 0.2) is 0 Å². The molecule has 0 spiro atoms. The highest BCUT2D eigenvalue weighted by atomic mass is 15.1. The van der Waals surface area contributed by atoms with Gasteiger partial charge in [-0.1, -0.05) is 33.1 Å². The summed E-state index contributed by atoms with van der Waals surface area (Å²) in [6.45, 7) is 9.21. The molecule has 2 nitrogen and oxygen atoms in total. The molecule has 2 unspecified atom stereocenters. The van der Waals surface area contributed by atoms with E-state index in [0.29, 0.717) is 6.04 Å². The van der Waals surface area contributed by atoms with Crippen LogP contribution >= 0.6 is 0 Å². The molecule has 16 heavy (non-hydrogen) atoms. The molecule has 0 aliphatic carbocycles. The number of nitrogens with zero attached hydrogens (tertiary/aromatic N) is 1. The molecule has 0 rings (SSSR count). The number of unbranched alkanes of at least 4 members (excludes halogenated alkanes) is 2. The smallest absolute Gasteiger partial charge is 0.00104 e. The summed E-state index contributed by atoms with van der Waals surface area (Å²) >= 11 is 0. The Morgan fingerprint density at radius 3 is 2.31 bits per heavy atom. The van der Waals surface area contributed by atoms with E-state index >= 15 is 0 Å². The lowest BCUT2D eigenvalue weighted by Gasteiger charge is -2.21. The van der Waals surface area contributed by atoms with Crippen LogP contribution in [0.4, 0.5) is 0 Å². The predicted molar refractivity (Wildman–Crippen MR) is 73.7 cm³/mol. The Bertz CT molecular complexity index is 146. The van der Waals surface area contributed by atoms with Gasteiger partial charge < -0.3 is 10.6 Å². The molecule has 0 saturated heterocycles. The van der Waals surface area contributed by atoms with Crippen LogP contribution < -0.4 is 5.73 Å². The number of rotatable bonds is 10. The predicted octanol–water partition coefficient (Wildman–Crippen LogP) is 3.26. The average Bonchev–Trinajstić information content (AvgIpc) is 2.17. The molecule has 0 aromatic carbocycles. The minimum absolute atomic E-state index is 0.370. The Morgan fingerprint density at radius 1 is 1.06 bits per heavy atom. The van der Waals surface area contributed by atoms with Crippen molar-refractivity contribution in [2.45, 2.75) is 65.3 Å². The Hall–Kier alpha value is -0.0800. The standard InChI is InChI=1S/C14H32N2/c1-5-6-7-11-16(4)12-13(2)9-8-10-14(3)15/h13-14H,5-12,15H2,1-4H3. The minimum atomic E-state index is 0.370. The molecule has 0 radical (unpaired) electrons. The van der Waals surface area contributed by atoms with Crippen molar-refractivity contribution in [1.29, 1.82) is 0 Å². The topological polar surface area (TPSA) is 29.3 Å². The lowest BCUT2D eigenvalue weighted by atomic mass is 10.0. The van der Waals surface area contributed by atoms with E-state index in [0.717, 1.165) is 5.92 Å². The van der Waals surface area contributed by atoms with Gasteiger partial charge in [-0.2, -0.15) is 0 Å². The van der Waals surface area contributed by atoms with Crippen molar-refractivity contribution >= 4 is 0 Å². The molecule has 0 bridgehead atoms. The summed E-state index contributed by atoms with van der Waals surface area (Å²) < 4.78 is 0. The first kappa shape index (κ1) is 15.9. The fourth-order valence-corrected chi connectivity index (χ4v) is 2.13. The number of hydrogen-bond donors (Lipinski definition) is 1. The first-order valence-electron chi connectivity index (χ1n) is 7.00. The first-order valence-corrected chi connectivity index (χ1v) is 7.00. The van der Waals surface area contributed by atoms with Crippen molar-refractivity contribution < 1.29 is 0 Å². The van der Waals surface area contributed by atoms with Crippen LogP contribution in [0, 0.1) is 5.92 Å². The second-order valence-electron chi connectivity index (χ2n) is 5.48. The molecule has 0 aliphatic rings. The Kier molecular flexibility index (Phi) is 10.0. The zero-order chi connectivity index (χ0) is 12.4. The zero-order valence-corrected chi connectivity index (χ0v) is 11.8. The van der Waals surface area contributed by atoms with Crippen LogP contribution in [0.5, 0.6) is 0 Å². The first-order chi connectivity index (χ1) is 7.56. The van der Waals surface area contributed by atoms with E-state index in [2.05, 4.69) is 32.7 Å². The van der Waals surface area contributed by atoms with Crippen molar-refractivity contribution in [2.75, 3.05) is 20.1 Å². The van der Waals surface area contributed by atoms with Crippen LogP contribution in [0.2, 0.25) is 0 Å². The van der Waals surface area contributed by atoms with E-state index < -0.39 is 0 Å². The van der Waals surface area contributed by atoms with E-state index in [1.165, 1.54) is 51.6 Å². The minimum Gasteiger partial charge on any atom is -0.328 e. The molecule has 2 heteroatoms. The molecule has 0 heterocycles. The van der Waals surface area contributed by atoms with Crippen LogP contribution in [0.25, 0.3) is 0 Å². The molecule has 0 aromatic heterocycles. The summed E-state index contributed by atoms with van der Waals surface area (Å²) in [7, 11) is 2.25. The molecule has 2 N–H and O–H groups in total. The molecule has 0 aliphatic heterocycles. The molecule has 2 atom stereocenters. The van der Waals surface area contributed by atoms with Gasteiger partial charge in [-0.3, -0.25) is 0 Å². The second kappa shape index (κ2) is 10.1. The summed E-state index contributed by atoms with van der Waals surface area (Å²) in [4.78, 5) is 2.48. The Morgan fingerprint density at radius 2 is 1.75 bits per heavy atom. The molecule has 0 amide bonds. The second-order valence-corrected chi connectivity index (χ2v) is 5.48. The maximum Gasteiger partial charge on any atom is 0.00104 e. The molecular weight excluding hydrogens is 196 g/mol. The lowest BCUT2D eigenvalue weighted by Crippen LogP contribution is -2.25. The van der Waals surface area contributed by atoms with Gasteiger partial charge in [0.05, 0.1) is 0 Å². The van der Waals surface area contributed by atoms with Gasteiger partial charge in [0.15, 0.2) is 0 Å². The van der Waals surface area contributed by atoms with Crippen LogP contribution in [0.1, 0.15) is 59.3 Å². The van der Waals surface area contributed by atoms with E-state index in [1.807, 2.05) is 0 Å². The third kappa shape index (κ3) is 10.4. The Balaban J connectivity index is 3.42. The molecule has 0 fully saturated rings. The fourth-order valence-electron chi connectivity index (χ4n) is 2.13. The largest absolute Gasteiger partial charge is 0.328 e. The van der Waals surface area contributed by atoms with Gasteiger partial charge in [0.1, 0.15) is 0 Å². The van der Waals surface area contributed by atoms with Crippen molar-refractivity contribution in [2.24, 2.45) is 11.7 Å². The summed E-state index contributed by atoms with van der Waals surface area (Å²) in [5.41, 5.74) is 5.75. The van der Waals surface area contributed by atoms with Crippen molar-refractivity contribution in [3.8, 4) is 0 Å². The highest BCUT2D eigenvalue weighted by molar-refractivity contribution is 4.62. The van der Waals surface area contributed by atoms with Crippen molar-refractivity contribution in [3.05, 3.63) is 0 Å². The molecule has 98 valence electrons. The highest BCUT2D eigenvalue weighted by Gasteiger charge is 2.06. The van der Waals surface area contributed by atoms with E-state index in [9.17, 15) is 0 Å². The van der Waals surface area contributed by atoms with Gasteiger partial charge in [-0.15, -0.1) is 0 Å². The van der Waals surface area contributed by atoms with Gasteiger partial charge in [0.25, 0.3) is 0 Å². The summed E-state index contributed by atoms with van der Waals surface area (Å²) in [5.74, 6) is 0.811. The molecule has 0 aromatic rings. The van der Waals surface area contributed by atoms with Crippen LogP contribution in [-0.2, 0) is 0 Å². The van der Waals surface area contributed by atoms with Gasteiger partial charge >= 0.3 is 0 Å². The van der Waals surface area contributed by atoms with Crippen molar-refractivity contribution in [3.63, 3.8) is 0 Å². The molecular formula is C14H32N2. The van der Waals surface area contributed by atoms with Gasteiger partial charge in [-0.25, -0.2) is 0 Å². The van der Waals surface area contributed by atoms with Gasteiger partial charge in [0, 0.05) is 12.6 Å². The Labute approximate surface area is 103 Å².